The number of amides is 1. The molecule has 0 aliphatic carbocycles. The molecule has 9 rings (SSSR count). The van der Waals surface area contributed by atoms with Crippen LogP contribution in [0.5, 0.6) is 0 Å². The Bertz CT molecular complexity index is 3090. The van der Waals surface area contributed by atoms with Crippen LogP contribution in [0.4, 0.5) is 0 Å². The third-order valence-corrected chi connectivity index (χ3v) is 13.4. The van der Waals surface area contributed by atoms with E-state index in [1.54, 1.807) is 86.6 Å². The van der Waals surface area contributed by atoms with E-state index in [1.165, 1.54) is 34.0 Å². The Labute approximate surface area is 536 Å². The first-order valence-corrected chi connectivity index (χ1v) is 25.2. The molecule has 9 aromatic rings. The maximum atomic E-state index is 11.8. The van der Waals surface area contributed by atoms with Crippen molar-refractivity contribution < 1.29 is 132 Å². The van der Waals surface area contributed by atoms with Gasteiger partial charge in [0.15, 0.2) is 0 Å². The van der Waals surface area contributed by atoms with Gasteiger partial charge < -0.3 is 19.9 Å². The number of nitrogens with zero attached hydrogens (tertiary/aromatic N) is 2. The molecule has 2 N–H and O–H groups in total. The van der Waals surface area contributed by atoms with Crippen molar-refractivity contribution in [3.05, 3.63) is 226 Å². The molecule has 75 heavy (non-hydrogen) atoms. The number of fused-ring (bicyclic) bond motifs is 3. The quantitative estimate of drug-likeness (QED) is 0.0673. The van der Waals surface area contributed by atoms with Crippen LogP contribution in [0.2, 0.25) is 0 Å². The molecule has 0 saturated heterocycles. The van der Waals surface area contributed by atoms with Crippen LogP contribution in [0, 0.1) is 54.7 Å². The second kappa shape index (κ2) is 39.0. The molecule has 0 fully saturated rings. The molecule has 10 nitrogen and oxygen atoms in total. The average Bonchev–Trinajstić information content (AvgIpc) is 4.08. The van der Waals surface area contributed by atoms with E-state index in [1.807, 2.05) is 91.9 Å². The number of hydrogen-bond acceptors (Lipinski definition) is 12. The van der Waals surface area contributed by atoms with Gasteiger partial charge in [0.05, 0.1) is 32.0 Å². The fraction of sp³-hybridized carbons (Fsp3) is 0.138. The van der Waals surface area contributed by atoms with Crippen molar-refractivity contribution in [1.82, 2.24) is 0 Å². The summed E-state index contributed by atoms with van der Waals surface area (Å²) in [6.45, 7) is 14.5. The van der Waals surface area contributed by atoms with E-state index < -0.39 is 5.91 Å². The number of halogens is 1. The Hall–Kier alpha value is -4.41. The van der Waals surface area contributed by atoms with Crippen molar-refractivity contribution in [3.63, 3.8) is 0 Å². The third-order valence-electron chi connectivity index (χ3n) is 9.31. The summed E-state index contributed by atoms with van der Waals surface area (Å²) in [6, 6.07) is 56.5. The number of rotatable bonds is 8. The van der Waals surface area contributed by atoms with Crippen LogP contribution < -0.4 is 5.73 Å². The van der Waals surface area contributed by atoms with E-state index in [4.69, 9.17) is 30.5 Å². The van der Waals surface area contributed by atoms with Crippen molar-refractivity contribution in [2.24, 2.45) is 5.73 Å². The molecule has 0 spiro atoms. The fourth-order valence-corrected chi connectivity index (χ4v) is 9.96. The molecular formula is C58H51BrN3O7S3Y3-5. The van der Waals surface area contributed by atoms with Crippen molar-refractivity contribution in [1.29, 1.82) is 10.5 Å². The van der Waals surface area contributed by atoms with Gasteiger partial charge in [-0.2, -0.15) is 126 Å². The van der Waals surface area contributed by atoms with Gasteiger partial charge in [0, 0.05) is 118 Å². The van der Waals surface area contributed by atoms with E-state index in [2.05, 4.69) is 48.0 Å². The normalized spacial score (nSPS) is 9.20. The van der Waals surface area contributed by atoms with E-state index in [-0.39, 0.29) is 123 Å². The number of hydrogen-bond donors (Lipinski definition) is 1. The first-order chi connectivity index (χ1) is 34.4. The van der Waals surface area contributed by atoms with Crippen LogP contribution in [0.25, 0.3) is 30.3 Å². The summed E-state index contributed by atoms with van der Waals surface area (Å²) in [4.78, 5) is 47.3. The largest absolute Gasteiger partial charge is 0.471 e. The zero-order chi connectivity index (χ0) is 51.5. The standard InChI is InChI=1S/C12H11BrO2S.2C12H11O2S.C7H6NO.2C7H4N.CH4.3Y/c1-2-15-12(14)11-9(7-13)8-5-3-4-6-10(8)16-11;2*1-3-14-12(13)11-8(2)9-6-4-5-7-10(9)15-11;8-7(9)6-4-2-1-3-5-6;2*8-6-7-4-2-1-3-5-7;;;;/h3-6H,2,7H2,1H3;2*4-7H,2-3H2,1H3;2-5H,(H2,8,9);2*2-5H;1H4;;;/q;5*-1;;;;. The number of thiophene rings is 3. The van der Waals surface area contributed by atoms with Gasteiger partial charge in [-0.25, -0.2) is 27.5 Å². The molecule has 17 heteroatoms. The van der Waals surface area contributed by atoms with Crippen molar-refractivity contribution in [3.8, 4) is 12.1 Å². The summed E-state index contributed by atoms with van der Waals surface area (Å²) in [7, 11) is 0. The van der Waals surface area contributed by atoms with Gasteiger partial charge in [-0.1, -0.05) is 94.6 Å². The minimum Gasteiger partial charge on any atom is -0.471 e. The van der Waals surface area contributed by atoms with Crippen LogP contribution in [0.15, 0.2) is 146 Å². The smallest absolute Gasteiger partial charge is 0.348 e. The monoisotopic (exact) mass is 1340 g/mol. The maximum absolute atomic E-state index is 11.8. The van der Waals surface area contributed by atoms with Gasteiger partial charge in [0.25, 0.3) is 11.9 Å². The number of carbonyl (C=O) groups excluding carboxylic acids is 4. The minimum absolute atomic E-state index is 0. The molecule has 379 valence electrons. The molecule has 0 saturated carbocycles. The molecule has 3 radical (unpaired) electrons. The summed E-state index contributed by atoms with van der Waals surface area (Å²) in [5.74, 6) is -1.17. The molecule has 0 aliphatic rings. The number of primary amides is 1. The zero-order valence-corrected chi connectivity index (χ0v) is 53.3. The number of carbonyl (C=O) groups is 4. The van der Waals surface area contributed by atoms with E-state index >= 15 is 0 Å². The van der Waals surface area contributed by atoms with Crippen LogP contribution in [-0.2, 0) is 118 Å². The summed E-state index contributed by atoms with van der Waals surface area (Å²) in [5, 5.41) is 20.4. The van der Waals surface area contributed by atoms with Crippen LogP contribution in [0.3, 0.4) is 0 Å². The SMILES string of the molecule is C.CCOC(=O)c1sc2ccccc2c1CBr.N#Cc1cc[c-]cc1.N#Cc1cc[c-]cc1.NC(=O)c1cc[c-]cc1.[CH2-]c1c(C(=O)OCC)sc2ccccc12.[CH2-]c1c(C(=O)OCC)sc2ccccc12.[Y].[Y].[Y]. The van der Waals surface area contributed by atoms with Gasteiger partial charge >= 0.3 is 5.97 Å². The molecule has 3 aromatic heterocycles. The predicted molar refractivity (Wildman–Crippen MR) is 295 cm³/mol. The number of esters is 3. The molecular weight excluding hydrogens is 1290 g/mol. The molecule has 0 atom stereocenters. The average molecular weight is 1340 g/mol. The summed E-state index contributed by atoms with van der Waals surface area (Å²) in [6.07, 6.45) is 0. The number of alkyl halides is 1. The van der Waals surface area contributed by atoms with Gasteiger partial charge in [-0.3, -0.25) is 14.4 Å². The second-order valence-electron chi connectivity index (χ2n) is 14.0. The molecule has 3 heterocycles. The minimum atomic E-state index is -0.399. The molecule has 0 bridgehead atoms. The van der Waals surface area contributed by atoms with E-state index in [9.17, 15) is 19.2 Å². The van der Waals surface area contributed by atoms with E-state index in [0.29, 0.717) is 56.5 Å². The molecule has 6 aromatic carbocycles. The van der Waals surface area contributed by atoms with Gasteiger partial charge in [0.1, 0.15) is 4.88 Å². The molecule has 0 unspecified atom stereocenters. The summed E-state index contributed by atoms with van der Waals surface area (Å²) in [5.41, 5.74) is 9.42. The Kier molecular flexibility index (Phi) is 36.7. The zero-order valence-electron chi connectivity index (χ0n) is 40.8. The van der Waals surface area contributed by atoms with Gasteiger partial charge in [0.2, 0.25) is 5.91 Å². The molecule has 0 aliphatic heterocycles. The number of benzene rings is 6. The van der Waals surface area contributed by atoms with E-state index in [0.717, 1.165) is 46.9 Å². The topological polar surface area (TPSA) is 170 Å². The van der Waals surface area contributed by atoms with Gasteiger partial charge in [-0.05, 0) is 47.2 Å². The Morgan fingerprint density at radius 1 is 0.533 bits per heavy atom. The number of ether oxygens (including phenoxy) is 3. The van der Waals surface area contributed by atoms with Crippen LogP contribution in [0.1, 0.15) is 95.4 Å². The van der Waals surface area contributed by atoms with Gasteiger partial charge in [-0.15, -0.1) is 34.2 Å². The summed E-state index contributed by atoms with van der Waals surface area (Å²) >= 11 is 7.79. The van der Waals surface area contributed by atoms with Crippen LogP contribution >= 0.6 is 49.9 Å². The first-order valence-electron chi connectivity index (χ1n) is 21.7. The van der Waals surface area contributed by atoms with Crippen LogP contribution in [-0.4, -0.2) is 43.6 Å². The van der Waals surface area contributed by atoms with Crippen molar-refractivity contribution in [2.75, 3.05) is 19.8 Å². The summed E-state index contributed by atoms with van der Waals surface area (Å²) < 4.78 is 18.3. The Balaban J connectivity index is 0.000000886. The fourth-order valence-electron chi connectivity index (χ4n) is 5.99. The second-order valence-corrected chi connectivity index (χ2v) is 17.7. The first kappa shape index (κ1) is 70.6. The predicted octanol–water partition coefficient (Wildman–Crippen LogP) is 14.4. The Morgan fingerprint density at radius 3 is 1.13 bits per heavy atom. The molecule has 1 amide bonds. The number of nitriles is 2. The third kappa shape index (κ3) is 22.2. The van der Waals surface area contributed by atoms with Crippen molar-refractivity contribution in [2.45, 2.75) is 33.5 Å². The Morgan fingerprint density at radius 2 is 0.840 bits per heavy atom. The van der Waals surface area contributed by atoms with Crippen molar-refractivity contribution >= 4 is 104 Å². The maximum Gasteiger partial charge on any atom is 0.348 e. The number of nitrogens with two attached hydrogens (primary N) is 1.